The van der Waals surface area contributed by atoms with Gasteiger partial charge in [0.15, 0.2) is 0 Å². The molecule has 0 atom stereocenters. The lowest BCUT2D eigenvalue weighted by Crippen LogP contribution is -2.37. The Balaban J connectivity index is 1.43. The highest BCUT2D eigenvalue weighted by atomic mass is 32.1. The van der Waals surface area contributed by atoms with E-state index < -0.39 is 0 Å². The zero-order valence-corrected chi connectivity index (χ0v) is 15.9. The quantitative estimate of drug-likeness (QED) is 0.706. The van der Waals surface area contributed by atoms with Crippen LogP contribution in [0.3, 0.4) is 0 Å². The summed E-state index contributed by atoms with van der Waals surface area (Å²) in [5.74, 6) is 1.82. The van der Waals surface area contributed by atoms with E-state index in [9.17, 15) is 4.79 Å². The summed E-state index contributed by atoms with van der Waals surface area (Å²) in [7, 11) is 0. The predicted molar refractivity (Wildman–Crippen MR) is 105 cm³/mol. The van der Waals surface area contributed by atoms with Gasteiger partial charge >= 0.3 is 0 Å². The number of piperidine rings is 1. The van der Waals surface area contributed by atoms with Crippen LogP contribution in [0.25, 0.3) is 10.2 Å². The Kier molecular flexibility index (Phi) is 4.72. The number of hydrogen-bond donors (Lipinski definition) is 0. The van der Waals surface area contributed by atoms with Gasteiger partial charge in [0.1, 0.15) is 12.1 Å². The van der Waals surface area contributed by atoms with Crippen molar-refractivity contribution in [3.05, 3.63) is 46.2 Å². The Bertz CT molecular complexity index is 956. The van der Waals surface area contributed by atoms with Crippen molar-refractivity contribution >= 4 is 27.4 Å². The molecule has 0 aromatic carbocycles. The topological polar surface area (TPSA) is 63.9 Å². The average Bonchev–Trinajstić information content (AvgIpc) is 3.13. The van der Waals surface area contributed by atoms with E-state index in [1.165, 1.54) is 0 Å². The monoisotopic (exact) mass is 369 g/mol. The molecule has 1 fully saturated rings. The van der Waals surface area contributed by atoms with E-state index in [0.29, 0.717) is 5.92 Å². The van der Waals surface area contributed by atoms with Crippen molar-refractivity contribution in [2.24, 2.45) is 5.92 Å². The second-order valence-electron chi connectivity index (χ2n) is 7.22. The number of anilines is 1. The summed E-state index contributed by atoms with van der Waals surface area (Å²) in [5, 5.41) is 2.07. The third-order valence-electron chi connectivity index (χ3n) is 5.09. The molecule has 0 unspecified atom stereocenters. The van der Waals surface area contributed by atoms with E-state index in [-0.39, 0.29) is 11.5 Å². The van der Waals surface area contributed by atoms with E-state index >= 15 is 0 Å². The van der Waals surface area contributed by atoms with Crippen LogP contribution in [0.15, 0.2) is 35.0 Å². The molecule has 0 aliphatic carbocycles. The van der Waals surface area contributed by atoms with Crippen LogP contribution in [0.5, 0.6) is 0 Å². The van der Waals surface area contributed by atoms with Gasteiger partial charge in [-0.2, -0.15) is 0 Å². The van der Waals surface area contributed by atoms with E-state index in [0.717, 1.165) is 54.2 Å². The van der Waals surface area contributed by atoms with Gasteiger partial charge < -0.3 is 4.90 Å². The van der Waals surface area contributed by atoms with Crippen molar-refractivity contribution in [2.45, 2.75) is 39.2 Å². The molecule has 1 aliphatic rings. The fraction of sp³-hybridized carbons (Fsp3) is 0.474. The number of hydrogen-bond acceptors (Lipinski definition) is 6. The summed E-state index contributed by atoms with van der Waals surface area (Å²) in [6.45, 7) is 6.77. The fourth-order valence-electron chi connectivity index (χ4n) is 3.50. The molecule has 136 valence electrons. The van der Waals surface area contributed by atoms with Crippen LogP contribution in [0.4, 0.5) is 5.82 Å². The van der Waals surface area contributed by atoms with Crippen molar-refractivity contribution in [1.82, 2.24) is 19.5 Å². The molecule has 3 aromatic heterocycles. The van der Waals surface area contributed by atoms with Crippen LogP contribution in [0.2, 0.25) is 0 Å². The van der Waals surface area contributed by atoms with Crippen LogP contribution in [0.1, 0.15) is 38.3 Å². The van der Waals surface area contributed by atoms with Gasteiger partial charge in [-0.05, 0) is 36.1 Å². The normalized spacial score (nSPS) is 15.9. The SMILES string of the molecule is CC(C)c1cc(=O)n(CC2CCN(c3ncnc4ccsc34)CC2)cn1. The third kappa shape index (κ3) is 3.35. The van der Waals surface area contributed by atoms with Crippen LogP contribution < -0.4 is 10.5 Å². The average molecular weight is 369 g/mol. The van der Waals surface area contributed by atoms with Gasteiger partial charge in [0.05, 0.1) is 22.2 Å². The summed E-state index contributed by atoms with van der Waals surface area (Å²) in [6, 6.07) is 3.71. The van der Waals surface area contributed by atoms with E-state index in [4.69, 9.17) is 0 Å². The maximum atomic E-state index is 12.3. The van der Waals surface area contributed by atoms with E-state index in [1.54, 1.807) is 34.6 Å². The van der Waals surface area contributed by atoms with Gasteiger partial charge in [-0.25, -0.2) is 15.0 Å². The number of rotatable bonds is 4. The second-order valence-corrected chi connectivity index (χ2v) is 8.14. The molecule has 7 heteroatoms. The number of thiophene rings is 1. The molecule has 4 rings (SSSR count). The lowest BCUT2D eigenvalue weighted by atomic mass is 9.96. The summed E-state index contributed by atoms with van der Waals surface area (Å²) in [4.78, 5) is 27.9. The fourth-order valence-corrected chi connectivity index (χ4v) is 4.36. The van der Waals surface area contributed by atoms with E-state index in [1.807, 2.05) is 6.07 Å². The molecule has 3 aromatic rings. The third-order valence-corrected chi connectivity index (χ3v) is 5.99. The largest absolute Gasteiger partial charge is 0.355 e. The summed E-state index contributed by atoms with van der Waals surface area (Å²) >= 11 is 1.70. The molecule has 0 radical (unpaired) electrons. The maximum absolute atomic E-state index is 12.3. The Morgan fingerprint density at radius 3 is 2.77 bits per heavy atom. The minimum atomic E-state index is 0.0576. The molecule has 1 aliphatic heterocycles. The molecular formula is C19H23N5OS. The molecule has 0 amide bonds. The minimum absolute atomic E-state index is 0.0576. The maximum Gasteiger partial charge on any atom is 0.253 e. The van der Waals surface area contributed by atoms with Crippen LogP contribution in [0, 0.1) is 5.92 Å². The van der Waals surface area contributed by atoms with Crippen LogP contribution >= 0.6 is 11.3 Å². The summed E-state index contributed by atoms with van der Waals surface area (Å²) in [5.41, 5.74) is 1.94. The number of fused-ring (bicyclic) bond motifs is 1. The molecule has 0 N–H and O–H groups in total. The van der Waals surface area contributed by atoms with E-state index in [2.05, 4.69) is 39.1 Å². The van der Waals surface area contributed by atoms with Crippen molar-refractivity contribution in [1.29, 1.82) is 0 Å². The van der Waals surface area contributed by atoms with Crippen molar-refractivity contribution in [3.8, 4) is 0 Å². The molecule has 0 saturated carbocycles. The zero-order valence-electron chi connectivity index (χ0n) is 15.1. The van der Waals surface area contributed by atoms with Crippen LogP contribution in [-0.2, 0) is 6.54 Å². The van der Waals surface area contributed by atoms with Gasteiger partial charge in [0.2, 0.25) is 0 Å². The lowest BCUT2D eigenvalue weighted by molar-refractivity contribution is 0.350. The van der Waals surface area contributed by atoms with Gasteiger partial charge in [0.25, 0.3) is 5.56 Å². The first kappa shape index (κ1) is 17.1. The smallest absolute Gasteiger partial charge is 0.253 e. The van der Waals surface area contributed by atoms with Gasteiger partial charge in [-0.1, -0.05) is 13.8 Å². The predicted octanol–water partition coefficient (Wildman–Crippen LogP) is 3.29. The Morgan fingerprint density at radius 1 is 1.23 bits per heavy atom. The highest BCUT2D eigenvalue weighted by Gasteiger charge is 2.22. The first-order chi connectivity index (χ1) is 12.6. The molecule has 26 heavy (non-hydrogen) atoms. The lowest BCUT2D eigenvalue weighted by Gasteiger charge is -2.33. The minimum Gasteiger partial charge on any atom is -0.355 e. The van der Waals surface area contributed by atoms with Crippen molar-refractivity contribution in [2.75, 3.05) is 18.0 Å². The first-order valence-electron chi connectivity index (χ1n) is 9.11. The highest BCUT2D eigenvalue weighted by molar-refractivity contribution is 7.17. The van der Waals surface area contributed by atoms with Crippen molar-refractivity contribution in [3.63, 3.8) is 0 Å². The number of nitrogens with zero attached hydrogens (tertiary/aromatic N) is 5. The Hall–Kier alpha value is -2.28. The summed E-state index contributed by atoms with van der Waals surface area (Å²) < 4.78 is 2.92. The van der Waals surface area contributed by atoms with Crippen LogP contribution in [-0.4, -0.2) is 32.6 Å². The van der Waals surface area contributed by atoms with Gasteiger partial charge in [-0.15, -0.1) is 11.3 Å². The second kappa shape index (κ2) is 7.15. The molecule has 4 heterocycles. The first-order valence-corrected chi connectivity index (χ1v) is 9.99. The molecule has 1 saturated heterocycles. The molecule has 0 spiro atoms. The Labute approximate surface area is 156 Å². The molecular weight excluding hydrogens is 346 g/mol. The van der Waals surface area contributed by atoms with Gasteiger partial charge in [0, 0.05) is 25.7 Å². The van der Waals surface area contributed by atoms with Gasteiger partial charge in [-0.3, -0.25) is 9.36 Å². The number of aromatic nitrogens is 4. The zero-order chi connectivity index (χ0) is 18.1. The summed E-state index contributed by atoms with van der Waals surface area (Å²) in [6.07, 6.45) is 5.46. The highest BCUT2D eigenvalue weighted by Crippen LogP contribution is 2.30. The molecule has 6 nitrogen and oxygen atoms in total. The standard InChI is InChI=1S/C19H23N5OS/c1-13(2)16-9-17(25)24(12-22-16)10-14-3-6-23(7-4-14)19-18-15(5-8-26-18)20-11-21-19/h5,8-9,11-14H,3-4,6-7,10H2,1-2H3. The molecule has 0 bridgehead atoms. The van der Waals surface area contributed by atoms with Crippen molar-refractivity contribution < 1.29 is 0 Å². The Morgan fingerprint density at radius 2 is 2.04 bits per heavy atom.